The topological polar surface area (TPSA) is 79.4 Å². The number of aliphatic carboxylic acids is 1. The van der Waals surface area contributed by atoms with Crippen LogP contribution in [0.15, 0.2) is 23.1 Å². The highest BCUT2D eigenvalue weighted by Gasteiger charge is 2.00. The van der Waals surface area contributed by atoms with E-state index in [9.17, 15) is 9.59 Å². The van der Waals surface area contributed by atoms with Gasteiger partial charge in [-0.05, 0) is 12.1 Å². The van der Waals surface area contributed by atoms with E-state index < -0.39 is 5.97 Å². The predicted molar refractivity (Wildman–Crippen MR) is 44.8 cm³/mol. The maximum absolute atomic E-state index is 11.0. The van der Waals surface area contributed by atoms with Gasteiger partial charge in [0, 0.05) is 6.20 Å². The molecule has 1 aromatic heterocycles. The van der Waals surface area contributed by atoms with Crippen LogP contribution in [0.2, 0.25) is 0 Å². The molecule has 0 radical (unpaired) electrons. The van der Waals surface area contributed by atoms with Crippen LogP contribution in [0, 0.1) is 0 Å². The van der Waals surface area contributed by atoms with Crippen molar-refractivity contribution in [1.82, 2.24) is 4.98 Å². The van der Waals surface area contributed by atoms with Crippen LogP contribution in [0.4, 0.5) is 0 Å². The maximum Gasteiger partial charge on any atom is 0.306 e. The summed E-state index contributed by atoms with van der Waals surface area (Å²) in [6.07, 6.45) is 1.36. The molecule has 5 nitrogen and oxygen atoms in total. The Morgan fingerprint density at radius 1 is 1.62 bits per heavy atom. The van der Waals surface area contributed by atoms with Crippen molar-refractivity contribution in [2.24, 2.45) is 0 Å². The SMILES string of the molecule is O=C(O)CCOc1ccc[nH]c1=O. The Morgan fingerprint density at radius 3 is 3.00 bits per heavy atom. The number of aromatic nitrogens is 1. The molecular weight excluding hydrogens is 174 g/mol. The van der Waals surface area contributed by atoms with Gasteiger partial charge in [-0.3, -0.25) is 9.59 Å². The molecule has 5 heteroatoms. The zero-order chi connectivity index (χ0) is 9.68. The van der Waals surface area contributed by atoms with Crippen LogP contribution in [0.3, 0.4) is 0 Å². The van der Waals surface area contributed by atoms with Gasteiger partial charge in [-0.1, -0.05) is 0 Å². The Kier molecular flexibility index (Phi) is 3.08. The molecule has 0 unspecified atom stereocenters. The monoisotopic (exact) mass is 183 g/mol. The average molecular weight is 183 g/mol. The summed E-state index contributed by atoms with van der Waals surface area (Å²) in [5.41, 5.74) is -0.354. The minimum atomic E-state index is -0.952. The number of carbonyl (C=O) groups is 1. The fraction of sp³-hybridized carbons (Fsp3) is 0.250. The van der Waals surface area contributed by atoms with Crippen molar-refractivity contribution in [2.45, 2.75) is 6.42 Å². The molecule has 0 aromatic carbocycles. The first-order chi connectivity index (χ1) is 6.20. The molecule has 0 aliphatic rings. The second kappa shape index (κ2) is 4.30. The van der Waals surface area contributed by atoms with Gasteiger partial charge in [-0.25, -0.2) is 0 Å². The average Bonchev–Trinajstić information content (AvgIpc) is 2.08. The minimum Gasteiger partial charge on any atom is -0.487 e. The number of pyridine rings is 1. The molecule has 13 heavy (non-hydrogen) atoms. The Labute approximate surface area is 74.0 Å². The van der Waals surface area contributed by atoms with Crippen LogP contribution in [0.1, 0.15) is 6.42 Å². The van der Waals surface area contributed by atoms with E-state index in [0.29, 0.717) is 0 Å². The summed E-state index contributed by atoms with van der Waals surface area (Å²) in [5.74, 6) is -0.809. The lowest BCUT2D eigenvalue weighted by Crippen LogP contribution is -2.12. The van der Waals surface area contributed by atoms with E-state index in [4.69, 9.17) is 9.84 Å². The summed E-state index contributed by atoms with van der Waals surface area (Å²) < 4.78 is 4.92. The number of nitrogens with one attached hydrogen (secondary N) is 1. The number of carboxylic acid groups (broad SMARTS) is 1. The van der Waals surface area contributed by atoms with E-state index in [1.807, 2.05) is 0 Å². The van der Waals surface area contributed by atoms with Gasteiger partial charge >= 0.3 is 5.97 Å². The van der Waals surface area contributed by atoms with Gasteiger partial charge in [0.15, 0.2) is 5.75 Å². The molecule has 0 amide bonds. The maximum atomic E-state index is 11.0. The van der Waals surface area contributed by atoms with Crippen LogP contribution in [0.5, 0.6) is 5.75 Å². The second-order valence-corrected chi connectivity index (χ2v) is 2.36. The number of rotatable bonds is 4. The molecule has 0 fully saturated rings. The molecular formula is C8H9NO4. The molecule has 0 aliphatic carbocycles. The fourth-order valence-corrected chi connectivity index (χ4v) is 0.768. The fourth-order valence-electron chi connectivity index (χ4n) is 0.768. The van der Waals surface area contributed by atoms with Crippen LogP contribution in [-0.2, 0) is 4.79 Å². The minimum absolute atomic E-state index is 0.00241. The Balaban J connectivity index is 2.50. The van der Waals surface area contributed by atoms with E-state index in [2.05, 4.69) is 4.98 Å². The molecule has 0 saturated carbocycles. The lowest BCUT2D eigenvalue weighted by Gasteiger charge is -2.01. The van der Waals surface area contributed by atoms with Crippen LogP contribution in [-0.4, -0.2) is 22.7 Å². The van der Waals surface area contributed by atoms with Gasteiger partial charge in [-0.15, -0.1) is 0 Å². The van der Waals surface area contributed by atoms with Crippen molar-refractivity contribution < 1.29 is 14.6 Å². The standard InChI is InChI=1S/C8H9NO4/c10-7(11)3-5-13-6-2-1-4-9-8(6)12/h1-2,4H,3,5H2,(H,9,12)(H,10,11). The molecule has 1 heterocycles. The molecule has 0 spiro atoms. The van der Waals surface area contributed by atoms with Crippen molar-refractivity contribution in [1.29, 1.82) is 0 Å². The summed E-state index contributed by atoms with van der Waals surface area (Å²) >= 11 is 0. The van der Waals surface area contributed by atoms with Gasteiger partial charge in [0.25, 0.3) is 5.56 Å². The number of carboxylic acids is 1. The third-order valence-corrected chi connectivity index (χ3v) is 1.36. The zero-order valence-corrected chi connectivity index (χ0v) is 6.82. The Morgan fingerprint density at radius 2 is 2.38 bits per heavy atom. The molecule has 1 aromatic rings. The quantitative estimate of drug-likeness (QED) is 0.700. The van der Waals surface area contributed by atoms with Gasteiger partial charge in [0.2, 0.25) is 0 Å². The van der Waals surface area contributed by atoms with Gasteiger partial charge in [-0.2, -0.15) is 0 Å². The van der Waals surface area contributed by atoms with Crippen molar-refractivity contribution in [3.63, 3.8) is 0 Å². The highest BCUT2D eigenvalue weighted by Crippen LogP contribution is 1.99. The highest BCUT2D eigenvalue weighted by atomic mass is 16.5. The smallest absolute Gasteiger partial charge is 0.306 e. The van der Waals surface area contributed by atoms with E-state index in [1.165, 1.54) is 12.3 Å². The van der Waals surface area contributed by atoms with Crippen LogP contribution in [0.25, 0.3) is 0 Å². The Hall–Kier alpha value is -1.78. The van der Waals surface area contributed by atoms with Crippen LogP contribution >= 0.6 is 0 Å². The van der Waals surface area contributed by atoms with Crippen molar-refractivity contribution in [2.75, 3.05) is 6.61 Å². The number of hydrogen-bond donors (Lipinski definition) is 2. The molecule has 0 bridgehead atoms. The summed E-state index contributed by atoms with van der Waals surface area (Å²) in [5, 5.41) is 8.29. The molecule has 0 atom stereocenters. The van der Waals surface area contributed by atoms with E-state index in [-0.39, 0.29) is 24.3 Å². The van der Waals surface area contributed by atoms with E-state index in [0.717, 1.165) is 0 Å². The first-order valence-electron chi connectivity index (χ1n) is 3.72. The number of H-pyrrole nitrogens is 1. The zero-order valence-electron chi connectivity index (χ0n) is 6.82. The third kappa shape index (κ3) is 2.98. The molecule has 70 valence electrons. The number of ether oxygens (including phenoxy) is 1. The van der Waals surface area contributed by atoms with Crippen molar-refractivity contribution in [3.8, 4) is 5.75 Å². The van der Waals surface area contributed by atoms with Gasteiger partial charge < -0.3 is 14.8 Å². The highest BCUT2D eigenvalue weighted by molar-refractivity contribution is 5.66. The normalized spacial score (nSPS) is 9.54. The lowest BCUT2D eigenvalue weighted by atomic mass is 10.4. The van der Waals surface area contributed by atoms with Crippen molar-refractivity contribution in [3.05, 3.63) is 28.7 Å². The second-order valence-electron chi connectivity index (χ2n) is 2.36. The van der Waals surface area contributed by atoms with E-state index >= 15 is 0 Å². The number of aromatic amines is 1. The van der Waals surface area contributed by atoms with Gasteiger partial charge in [0.1, 0.15) is 0 Å². The third-order valence-electron chi connectivity index (χ3n) is 1.36. The van der Waals surface area contributed by atoms with Gasteiger partial charge in [0.05, 0.1) is 13.0 Å². The first-order valence-corrected chi connectivity index (χ1v) is 3.72. The predicted octanol–water partition coefficient (Wildman–Crippen LogP) is 0.228. The molecule has 0 saturated heterocycles. The summed E-state index contributed by atoms with van der Waals surface area (Å²) in [6, 6.07) is 3.10. The summed E-state index contributed by atoms with van der Waals surface area (Å²) in [4.78, 5) is 23.5. The largest absolute Gasteiger partial charge is 0.487 e. The first kappa shape index (κ1) is 9.31. The van der Waals surface area contributed by atoms with E-state index in [1.54, 1.807) is 6.07 Å². The van der Waals surface area contributed by atoms with Crippen LogP contribution < -0.4 is 10.3 Å². The molecule has 1 rings (SSSR count). The van der Waals surface area contributed by atoms with Crippen molar-refractivity contribution >= 4 is 5.97 Å². The molecule has 0 aliphatic heterocycles. The Bertz CT molecular complexity index is 344. The summed E-state index contributed by atoms with van der Waals surface area (Å²) in [7, 11) is 0. The summed E-state index contributed by atoms with van der Waals surface area (Å²) in [6.45, 7) is 0.00241. The lowest BCUT2D eigenvalue weighted by molar-refractivity contribution is -0.137. The molecule has 2 N–H and O–H groups in total. The number of hydrogen-bond acceptors (Lipinski definition) is 3.